The summed E-state index contributed by atoms with van der Waals surface area (Å²) in [6.07, 6.45) is 0.540. The number of hydrogen-bond donors (Lipinski definition) is 1. The zero-order valence-electron chi connectivity index (χ0n) is 8.15. The Bertz CT molecular complexity index is 209. The van der Waals surface area contributed by atoms with Gasteiger partial charge < -0.3 is 10.0 Å². The van der Waals surface area contributed by atoms with Crippen molar-refractivity contribution in [3.63, 3.8) is 0 Å². The average molecular weight is 185 g/mol. The van der Waals surface area contributed by atoms with Crippen LogP contribution >= 0.6 is 0 Å². The van der Waals surface area contributed by atoms with E-state index >= 15 is 0 Å². The van der Waals surface area contributed by atoms with E-state index in [1.54, 1.807) is 20.8 Å². The summed E-state index contributed by atoms with van der Waals surface area (Å²) in [7, 11) is 0. The minimum absolute atomic E-state index is 0.143. The fraction of sp³-hybridized carbons (Fsp3) is 0.556. The molecule has 13 heavy (non-hydrogen) atoms. The van der Waals surface area contributed by atoms with Gasteiger partial charge in [-0.1, -0.05) is 6.58 Å². The van der Waals surface area contributed by atoms with Crippen LogP contribution in [-0.4, -0.2) is 34.5 Å². The summed E-state index contributed by atoms with van der Waals surface area (Å²) in [5.74, 6) is -1.05. The van der Waals surface area contributed by atoms with Gasteiger partial charge in [0.25, 0.3) is 0 Å². The Morgan fingerprint density at radius 3 is 2.08 bits per heavy atom. The van der Waals surface area contributed by atoms with E-state index in [0.717, 1.165) is 0 Å². The normalized spacial score (nSPS) is 12.3. The lowest BCUT2D eigenvalue weighted by atomic mass is 10.1. The van der Waals surface area contributed by atoms with Crippen LogP contribution in [0.4, 0.5) is 0 Å². The van der Waals surface area contributed by atoms with Gasteiger partial charge in [0.15, 0.2) is 6.04 Å². The van der Waals surface area contributed by atoms with E-state index in [4.69, 9.17) is 5.11 Å². The van der Waals surface area contributed by atoms with Crippen LogP contribution in [0.3, 0.4) is 0 Å². The van der Waals surface area contributed by atoms with Gasteiger partial charge in [-0.25, -0.2) is 4.79 Å². The third kappa shape index (κ3) is 2.89. The van der Waals surface area contributed by atoms with Crippen molar-refractivity contribution in [2.75, 3.05) is 0 Å². The second kappa shape index (κ2) is 4.64. The Kier molecular flexibility index (Phi) is 4.17. The molecule has 0 aliphatic heterocycles. The zero-order chi connectivity index (χ0) is 10.6. The Labute approximate surface area is 77.8 Å². The lowest BCUT2D eigenvalue weighted by Crippen LogP contribution is -2.44. The van der Waals surface area contributed by atoms with Crippen molar-refractivity contribution < 1.29 is 14.7 Å². The number of rotatable bonds is 5. The third-order valence-electron chi connectivity index (χ3n) is 1.72. The van der Waals surface area contributed by atoms with Crippen LogP contribution < -0.4 is 0 Å². The first-order valence-corrected chi connectivity index (χ1v) is 4.02. The lowest BCUT2D eigenvalue weighted by molar-refractivity contribution is -0.145. The van der Waals surface area contributed by atoms with Crippen molar-refractivity contribution in [2.24, 2.45) is 0 Å². The molecule has 0 saturated heterocycles. The first-order valence-electron chi connectivity index (χ1n) is 4.02. The Balaban J connectivity index is 4.79. The smallest absolute Gasteiger partial charge is 0.330 e. The molecule has 1 unspecified atom stereocenters. The predicted molar refractivity (Wildman–Crippen MR) is 49.3 cm³/mol. The highest BCUT2D eigenvalue weighted by molar-refractivity contribution is 5.79. The molecule has 4 heteroatoms. The molecule has 0 aromatic rings. The van der Waals surface area contributed by atoms with Crippen molar-refractivity contribution in [1.82, 2.24) is 4.90 Å². The topological polar surface area (TPSA) is 57.6 Å². The SMILES string of the molecule is C=C(C)C(C(=O)O)N(C=O)C(C)C. The van der Waals surface area contributed by atoms with Gasteiger partial charge in [0.05, 0.1) is 0 Å². The minimum atomic E-state index is -1.05. The minimum Gasteiger partial charge on any atom is -0.479 e. The molecule has 0 radical (unpaired) electrons. The van der Waals surface area contributed by atoms with Crippen LogP contribution in [0.2, 0.25) is 0 Å². The van der Waals surface area contributed by atoms with Gasteiger partial charge in [-0.05, 0) is 26.3 Å². The van der Waals surface area contributed by atoms with E-state index in [0.29, 0.717) is 12.0 Å². The molecule has 0 spiro atoms. The quantitative estimate of drug-likeness (QED) is 0.511. The summed E-state index contributed by atoms with van der Waals surface area (Å²) in [6, 6.07) is -1.06. The number of amides is 1. The number of hydrogen-bond acceptors (Lipinski definition) is 2. The van der Waals surface area contributed by atoms with E-state index in [-0.39, 0.29) is 6.04 Å². The van der Waals surface area contributed by atoms with Crippen LogP contribution in [0.15, 0.2) is 12.2 Å². The monoisotopic (exact) mass is 185 g/mol. The van der Waals surface area contributed by atoms with Gasteiger partial charge in [0, 0.05) is 6.04 Å². The molecule has 1 amide bonds. The second-order valence-electron chi connectivity index (χ2n) is 3.23. The Hall–Kier alpha value is -1.32. The maximum Gasteiger partial charge on any atom is 0.330 e. The maximum atomic E-state index is 10.8. The van der Waals surface area contributed by atoms with Gasteiger partial charge in [0.2, 0.25) is 6.41 Å². The zero-order valence-corrected chi connectivity index (χ0v) is 8.15. The summed E-state index contributed by atoms with van der Waals surface area (Å²) in [6.45, 7) is 8.66. The summed E-state index contributed by atoms with van der Waals surface area (Å²) in [5, 5.41) is 8.83. The Morgan fingerprint density at radius 2 is 2.00 bits per heavy atom. The number of nitrogens with zero attached hydrogens (tertiary/aromatic N) is 1. The molecular weight excluding hydrogens is 170 g/mol. The van der Waals surface area contributed by atoms with Crippen molar-refractivity contribution in [1.29, 1.82) is 0 Å². The van der Waals surface area contributed by atoms with Crippen molar-refractivity contribution in [3.05, 3.63) is 12.2 Å². The van der Waals surface area contributed by atoms with Gasteiger partial charge >= 0.3 is 5.97 Å². The largest absolute Gasteiger partial charge is 0.479 e. The lowest BCUT2D eigenvalue weighted by Gasteiger charge is -2.28. The van der Waals surface area contributed by atoms with Crippen molar-refractivity contribution >= 4 is 12.4 Å². The number of carbonyl (C=O) groups is 2. The highest BCUT2D eigenvalue weighted by atomic mass is 16.4. The molecule has 0 rings (SSSR count). The van der Waals surface area contributed by atoms with Crippen LogP contribution in [-0.2, 0) is 9.59 Å². The fourth-order valence-corrected chi connectivity index (χ4v) is 1.07. The second-order valence-corrected chi connectivity index (χ2v) is 3.23. The Morgan fingerprint density at radius 1 is 1.54 bits per heavy atom. The molecule has 0 heterocycles. The van der Waals surface area contributed by atoms with Gasteiger partial charge in [0.1, 0.15) is 0 Å². The molecule has 0 aliphatic carbocycles. The highest BCUT2D eigenvalue weighted by Crippen LogP contribution is 2.10. The molecule has 0 fully saturated rings. The molecule has 0 bridgehead atoms. The first-order chi connectivity index (χ1) is 5.91. The predicted octanol–water partition coefficient (Wildman–Crippen LogP) is 0.882. The number of aliphatic carboxylic acids is 1. The third-order valence-corrected chi connectivity index (χ3v) is 1.72. The molecule has 1 atom stereocenters. The maximum absolute atomic E-state index is 10.8. The fourth-order valence-electron chi connectivity index (χ4n) is 1.07. The van der Waals surface area contributed by atoms with Crippen LogP contribution in [0.1, 0.15) is 20.8 Å². The average Bonchev–Trinajstić information content (AvgIpc) is 1.97. The van der Waals surface area contributed by atoms with Crippen molar-refractivity contribution in [2.45, 2.75) is 32.9 Å². The number of carboxylic acids is 1. The van der Waals surface area contributed by atoms with E-state index in [1.807, 2.05) is 0 Å². The molecule has 0 saturated carbocycles. The molecule has 0 aliphatic rings. The number of carbonyl (C=O) groups excluding carboxylic acids is 1. The molecule has 0 aromatic carbocycles. The van der Waals surface area contributed by atoms with Crippen LogP contribution in [0.25, 0.3) is 0 Å². The molecule has 74 valence electrons. The summed E-state index contributed by atoms with van der Waals surface area (Å²) in [4.78, 5) is 22.6. The van der Waals surface area contributed by atoms with Crippen molar-refractivity contribution in [3.8, 4) is 0 Å². The van der Waals surface area contributed by atoms with E-state index in [1.165, 1.54) is 4.90 Å². The van der Waals surface area contributed by atoms with Crippen LogP contribution in [0, 0.1) is 0 Å². The summed E-state index contributed by atoms with van der Waals surface area (Å²) in [5.41, 5.74) is 0.452. The van der Waals surface area contributed by atoms with E-state index < -0.39 is 12.0 Å². The van der Waals surface area contributed by atoms with Gasteiger partial charge in [-0.3, -0.25) is 4.79 Å². The standard InChI is InChI=1S/C9H15NO3/c1-6(2)8(9(12)13)10(5-11)7(3)4/h5,7-8H,1H2,2-4H3,(H,12,13). The van der Waals surface area contributed by atoms with Crippen LogP contribution in [0.5, 0.6) is 0 Å². The van der Waals surface area contributed by atoms with Gasteiger partial charge in [-0.15, -0.1) is 0 Å². The van der Waals surface area contributed by atoms with E-state index in [2.05, 4.69) is 6.58 Å². The number of carboxylic acid groups (broad SMARTS) is 1. The van der Waals surface area contributed by atoms with Gasteiger partial charge in [-0.2, -0.15) is 0 Å². The molecular formula is C9H15NO3. The van der Waals surface area contributed by atoms with E-state index in [9.17, 15) is 9.59 Å². The molecule has 4 nitrogen and oxygen atoms in total. The molecule has 1 N–H and O–H groups in total. The summed E-state index contributed by atoms with van der Waals surface area (Å²) >= 11 is 0. The first kappa shape index (κ1) is 11.7. The highest BCUT2D eigenvalue weighted by Gasteiger charge is 2.26. The molecule has 0 aromatic heterocycles. The summed E-state index contributed by atoms with van der Waals surface area (Å²) < 4.78 is 0.